The van der Waals surface area contributed by atoms with E-state index in [1.165, 1.54) is 11.3 Å². The van der Waals surface area contributed by atoms with Gasteiger partial charge in [0, 0.05) is 22.8 Å². The number of hydrogen-bond donors (Lipinski definition) is 0. The average Bonchev–Trinajstić information content (AvgIpc) is 2.64. The standard InChI is InChI=1S/C24H27ClN2/c1-5-12-27-23-11-6-18(14-22(23)17(2)15-24(27,3)4)13-20(16-26)19-7-9-21(25)10-8-19/h6-11,13-14,17H,5,12,15H2,1-4H3/b20-13+. The van der Waals surface area contributed by atoms with Crippen molar-refractivity contribution < 1.29 is 0 Å². The zero-order valence-corrected chi connectivity index (χ0v) is 17.3. The number of hydrogen-bond acceptors (Lipinski definition) is 2. The number of halogens is 1. The highest BCUT2D eigenvalue weighted by atomic mass is 35.5. The van der Waals surface area contributed by atoms with Crippen LogP contribution in [-0.2, 0) is 0 Å². The molecule has 0 saturated carbocycles. The topological polar surface area (TPSA) is 27.0 Å². The van der Waals surface area contributed by atoms with Crippen LogP contribution < -0.4 is 4.90 Å². The van der Waals surface area contributed by atoms with Crippen molar-refractivity contribution in [1.82, 2.24) is 0 Å². The molecule has 3 heteroatoms. The fourth-order valence-electron chi connectivity index (χ4n) is 4.22. The minimum atomic E-state index is 0.168. The first-order valence-corrected chi connectivity index (χ1v) is 10.0. The molecule has 3 rings (SSSR count). The first kappa shape index (κ1) is 19.5. The molecule has 0 N–H and O–H groups in total. The predicted molar refractivity (Wildman–Crippen MR) is 116 cm³/mol. The van der Waals surface area contributed by atoms with Crippen molar-refractivity contribution >= 4 is 28.9 Å². The number of anilines is 1. The number of fused-ring (bicyclic) bond motifs is 1. The summed E-state index contributed by atoms with van der Waals surface area (Å²) in [6, 6.07) is 16.4. The summed E-state index contributed by atoms with van der Waals surface area (Å²) in [6.45, 7) is 10.3. The summed E-state index contributed by atoms with van der Waals surface area (Å²) < 4.78 is 0. The van der Waals surface area contributed by atoms with Gasteiger partial charge in [-0.2, -0.15) is 5.26 Å². The molecule has 1 aliphatic heterocycles. The van der Waals surface area contributed by atoms with E-state index in [1.807, 2.05) is 30.3 Å². The lowest BCUT2D eigenvalue weighted by atomic mass is 9.79. The zero-order valence-electron chi connectivity index (χ0n) is 16.6. The Bertz CT molecular complexity index is 888. The normalized spacial score (nSPS) is 18.7. The Balaban J connectivity index is 2.01. The molecule has 2 aromatic rings. The summed E-state index contributed by atoms with van der Waals surface area (Å²) in [5.74, 6) is 0.498. The van der Waals surface area contributed by atoms with E-state index in [9.17, 15) is 5.26 Å². The molecule has 0 radical (unpaired) electrons. The summed E-state index contributed by atoms with van der Waals surface area (Å²) in [4.78, 5) is 2.54. The first-order chi connectivity index (χ1) is 12.9. The van der Waals surface area contributed by atoms with Crippen LogP contribution in [0, 0.1) is 11.3 Å². The predicted octanol–water partition coefficient (Wildman–Crippen LogP) is 6.91. The lowest BCUT2D eigenvalue weighted by Crippen LogP contribution is -2.48. The Labute approximate surface area is 168 Å². The summed E-state index contributed by atoms with van der Waals surface area (Å²) in [5.41, 5.74) is 5.50. The Morgan fingerprint density at radius 1 is 1.26 bits per heavy atom. The summed E-state index contributed by atoms with van der Waals surface area (Å²) in [7, 11) is 0. The third kappa shape index (κ3) is 4.04. The SMILES string of the molecule is CCCN1c2ccc(/C=C(\C#N)c3ccc(Cl)cc3)cc2C(C)CC1(C)C. The average molecular weight is 379 g/mol. The van der Waals surface area contributed by atoms with E-state index in [-0.39, 0.29) is 5.54 Å². The molecular formula is C24H27ClN2. The second kappa shape index (κ2) is 7.79. The minimum Gasteiger partial charge on any atom is -0.366 e. The molecule has 27 heavy (non-hydrogen) atoms. The Kier molecular flexibility index (Phi) is 5.63. The molecule has 0 saturated heterocycles. The molecule has 2 aromatic carbocycles. The van der Waals surface area contributed by atoms with Gasteiger partial charge in [-0.3, -0.25) is 0 Å². The largest absolute Gasteiger partial charge is 0.366 e. The van der Waals surface area contributed by atoms with Crippen LogP contribution in [0.4, 0.5) is 5.69 Å². The van der Waals surface area contributed by atoms with Crippen molar-refractivity contribution in [3.05, 3.63) is 64.2 Å². The molecule has 1 unspecified atom stereocenters. The fraction of sp³-hybridized carbons (Fsp3) is 0.375. The van der Waals surface area contributed by atoms with E-state index in [0.29, 0.717) is 16.5 Å². The molecule has 0 aliphatic carbocycles. The van der Waals surface area contributed by atoms with E-state index in [0.717, 1.165) is 30.5 Å². The molecule has 1 atom stereocenters. The van der Waals surface area contributed by atoms with Crippen LogP contribution in [0.3, 0.4) is 0 Å². The van der Waals surface area contributed by atoms with Crippen molar-refractivity contribution in [3.8, 4) is 6.07 Å². The summed E-state index contributed by atoms with van der Waals surface area (Å²) in [5, 5.41) is 10.3. The highest BCUT2D eigenvalue weighted by Crippen LogP contribution is 2.43. The second-order valence-corrected chi connectivity index (χ2v) is 8.50. The molecule has 2 nitrogen and oxygen atoms in total. The van der Waals surface area contributed by atoms with Crippen molar-refractivity contribution in [3.63, 3.8) is 0 Å². The molecule has 0 fully saturated rings. The molecule has 0 bridgehead atoms. The molecule has 0 aromatic heterocycles. The van der Waals surface area contributed by atoms with Gasteiger partial charge in [0.15, 0.2) is 0 Å². The van der Waals surface area contributed by atoms with Crippen LogP contribution in [0.2, 0.25) is 5.02 Å². The van der Waals surface area contributed by atoms with Crippen LogP contribution in [0.25, 0.3) is 11.6 Å². The van der Waals surface area contributed by atoms with Gasteiger partial charge in [-0.15, -0.1) is 0 Å². The highest BCUT2D eigenvalue weighted by Gasteiger charge is 2.35. The lowest BCUT2D eigenvalue weighted by Gasteiger charge is -2.47. The van der Waals surface area contributed by atoms with Crippen LogP contribution >= 0.6 is 11.6 Å². The van der Waals surface area contributed by atoms with Crippen LogP contribution in [-0.4, -0.2) is 12.1 Å². The van der Waals surface area contributed by atoms with Crippen molar-refractivity contribution in [2.24, 2.45) is 0 Å². The van der Waals surface area contributed by atoms with E-state index < -0.39 is 0 Å². The molecule has 1 aliphatic rings. The zero-order chi connectivity index (χ0) is 19.6. The molecule has 1 heterocycles. The van der Waals surface area contributed by atoms with Gasteiger partial charge in [0.1, 0.15) is 0 Å². The quantitative estimate of drug-likeness (QED) is 0.427. The number of rotatable bonds is 4. The molecule has 140 valence electrons. The maximum absolute atomic E-state index is 9.62. The Morgan fingerprint density at radius 3 is 2.59 bits per heavy atom. The van der Waals surface area contributed by atoms with E-state index in [4.69, 9.17) is 11.6 Å². The fourth-order valence-corrected chi connectivity index (χ4v) is 4.35. The van der Waals surface area contributed by atoms with Gasteiger partial charge in [-0.05, 0) is 79.6 Å². The van der Waals surface area contributed by atoms with Gasteiger partial charge in [-0.25, -0.2) is 0 Å². The van der Waals surface area contributed by atoms with Gasteiger partial charge in [0.2, 0.25) is 0 Å². The van der Waals surface area contributed by atoms with E-state index in [1.54, 1.807) is 0 Å². The van der Waals surface area contributed by atoms with Crippen LogP contribution in [0.1, 0.15) is 63.1 Å². The van der Waals surface area contributed by atoms with Crippen molar-refractivity contribution in [1.29, 1.82) is 5.26 Å². The third-order valence-corrected chi connectivity index (χ3v) is 5.70. The maximum atomic E-state index is 9.62. The van der Waals surface area contributed by atoms with Crippen molar-refractivity contribution in [2.75, 3.05) is 11.4 Å². The van der Waals surface area contributed by atoms with Crippen molar-refractivity contribution in [2.45, 2.75) is 52.0 Å². The van der Waals surface area contributed by atoms with E-state index in [2.05, 4.69) is 56.9 Å². The number of benzene rings is 2. The highest BCUT2D eigenvalue weighted by molar-refractivity contribution is 6.30. The smallest absolute Gasteiger partial charge is 0.0998 e. The van der Waals surface area contributed by atoms with Gasteiger partial charge in [-0.1, -0.05) is 43.6 Å². The molecular weight excluding hydrogens is 352 g/mol. The van der Waals surface area contributed by atoms with Gasteiger partial charge >= 0.3 is 0 Å². The minimum absolute atomic E-state index is 0.168. The summed E-state index contributed by atoms with van der Waals surface area (Å²) >= 11 is 5.97. The Hall–Kier alpha value is -2.24. The molecule has 0 amide bonds. The maximum Gasteiger partial charge on any atom is 0.0998 e. The Morgan fingerprint density at radius 2 is 1.96 bits per heavy atom. The number of allylic oxidation sites excluding steroid dienone is 1. The van der Waals surface area contributed by atoms with Gasteiger partial charge < -0.3 is 4.90 Å². The van der Waals surface area contributed by atoms with E-state index >= 15 is 0 Å². The number of nitrogens with zero attached hydrogens (tertiary/aromatic N) is 2. The lowest BCUT2D eigenvalue weighted by molar-refractivity contribution is 0.376. The van der Waals surface area contributed by atoms with Crippen LogP contribution in [0.5, 0.6) is 0 Å². The summed E-state index contributed by atoms with van der Waals surface area (Å²) in [6.07, 6.45) is 4.24. The monoisotopic (exact) mass is 378 g/mol. The van der Waals surface area contributed by atoms with Gasteiger partial charge in [0.25, 0.3) is 0 Å². The third-order valence-electron chi connectivity index (χ3n) is 5.44. The van der Waals surface area contributed by atoms with Crippen LogP contribution in [0.15, 0.2) is 42.5 Å². The second-order valence-electron chi connectivity index (χ2n) is 8.06. The molecule has 0 spiro atoms. The first-order valence-electron chi connectivity index (χ1n) is 9.65. The number of nitriles is 1. The van der Waals surface area contributed by atoms with Gasteiger partial charge in [0.05, 0.1) is 11.6 Å².